The van der Waals surface area contributed by atoms with E-state index in [1.54, 1.807) is 12.0 Å². The monoisotopic (exact) mass is 347 g/mol. The molecule has 0 spiro atoms. The Bertz CT molecular complexity index is 767. The van der Waals surface area contributed by atoms with Gasteiger partial charge >= 0.3 is 12.1 Å². The van der Waals surface area contributed by atoms with E-state index in [0.717, 1.165) is 4.68 Å². The highest BCUT2D eigenvalue weighted by Gasteiger charge is 2.36. The van der Waals surface area contributed by atoms with E-state index >= 15 is 0 Å². The maximum absolute atomic E-state index is 12.5. The van der Waals surface area contributed by atoms with Gasteiger partial charge in [0.2, 0.25) is 11.6 Å². The first kappa shape index (κ1) is 17.4. The van der Waals surface area contributed by atoms with E-state index in [1.807, 2.05) is 0 Å². The zero-order chi connectivity index (χ0) is 18.1. The van der Waals surface area contributed by atoms with Crippen molar-refractivity contribution in [3.05, 3.63) is 17.5 Å². The maximum Gasteiger partial charge on any atom is 0.451 e. The van der Waals surface area contributed by atoms with Crippen LogP contribution in [0.4, 0.5) is 13.2 Å². The number of aromatic amines is 1. The van der Waals surface area contributed by atoms with Gasteiger partial charge in [0.15, 0.2) is 0 Å². The van der Waals surface area contributed by atoms with E-state index in [0.29, 0.717) is 0 Å². The lowest BCUT2D eigenvalue weighted by Gasteiger charge is -2.09. The lowest BCUT2D eigenvalue weighted by atomic mass is 10.2. The van der Waals surface area contributed by atoms with Gasteiger partial charge in [-0.1, -0.05) is 6.92 Å². The number of aliphatic carboxylic acids is 1. The Balaban J connectivity index is 2.25. The van der Waals surface area contributed by atoms with Crippen molar-refractivity contribution in [3.63, 3.8) is 0 Å². The van der Waals surface area contributed by atoms with Crippen LogP contribution in [0.25, 0.3) is 5.95 Å². The molecule has 0 radical (unpaired) electrons. The molecule has 0 bridgehead atoms. The summed E-state index contributed by atoms with van der Waals surface area (Å²) in [6, 6.07) is -1.13. The fraction of sp³-hybridized carbons (Fsp3) is 0.455. The van der Waals surface area contributed by atoms with E-state index in [9.17, 15) is 22.8 Å². The Morgan fingerprint density at radius 3 is 2.54 bits per heavy atom. The van der Waals surface area contributed by atoms with Crippen molar-refractivity contribution in [2.75, 3.05) is 0 Å². The molecule has 13 heteroatoms. The molecule has 0 saturated carbocycles. The third-order valence-corrected chi connectivity index (χ3v) is 2.92. The minimum atomic E-state index is -4.71. The molecule has 2 rings (SSSR count). The molecule has 1 amide bonds. The molecule has 1 unspecified atom stereocenters. The molecular formula is C11H12F3N7O3. The minimum absolute atomic E-state index is 0.0521. The van der Waals surface area contributed by atoms with Crippen LogP contribution in [0.2, 0.25) is 0 Å². The topological polar surface area (TPSA) is 139 Å². The highest BCUT2D eigenvalue weighted by atomic mass is 19.4. The predicted molar refractivity (Wildman–Crippen MR) is 70.2 cm³/mol. The van der Waals surface area contributed by atoms with Gasteiger partial charge in [0.05, 0.1) is 0 Å². The molecule has 3 N–H and O–H groups in total. The van der Waals surface area contributed by atoms with Crippen LogP contribution >= 0.6 is 0 Å². The van der Waals surface area contributed by atoms with Crippen LogP contribution in [0.3, 0.4) is 0 Å². The molecule has 2 aromatic rings. The van der Waals surface area contributed by atoms with E-state index in [-0.39, 0.29) is 12.2 Å². The summed E-state index contributed by atoms with van der Waals surface area (Å²) in [5.74, 6) is -4.24. The van der Waals surface area contributed by atoms with Gasteiger partial charge in [-0.05, 0) is 13.3 Å². The van der Waals surface area contributed by atoms with E-state index < -0.39 is 41.7 Å². The Morgan fingerprint density at radius 1 is 1.38 bits per heavy atom. The first-order valence-electron chi connectivity index (χ1n) is 6.60. The first-order valence-corrected chi connectivity index (χ1v) is 6.60. The van der Waals surface area contributed by atoms with Gasteiger partial charge in [0, 0.05) is 0 Å². The number of amides is 1. The molecule has 2 heterocycles. The normalized spacial score (nSPS) is 12.9. The number of H-pyrrole nitrogens is 1. The van der Waals surface area contributed by atoms with Crippen molar-refractivity contribution in [1.29, 1.82) is 0 Å². The maximum atomic E-state index is 12.5. The Morgan fingerprint density at radius 2 is 2.04 bits per heavy atom. The molecule has 10 nitrogen and oxygen atoms in total. The summed E-state index contributed by atoms with van der Waals surface area (Å²) in [4.78, 5) is 29.8. The molecule has 130 valence electrons. The molecule has 0 saturated heterocycles. The summed E-state index contributed by atoms with van der Waals surface area (Å²) in [6.07, 6.45) is -4.58. The van der Waals surface area contributed by atoms with Gasteiger partial charge in [-0.15, -0.1) is 10.2 Å². The number of halogens is 3. The number of alkyl halides is 3. The smallest absolute Gasteiger partial charge is 0.451 e. The standard InChI is InChI=1S/C11H12F3N7O3/c1-3-5(8(23)24)16-7(22)6-15-4(2)21(20-6)10-17-9(18-19-10)11(12,13)14/h5H,3H2,1-2H3,(H,16,22)(H,23,24)(H,17,18,19). The summed E-state index contributed by atoms with van der Waals surface area (Å²) in [7, 11) is 0. The summed E-state index contributed by atoms with van der Waals surface area (Å²) in [5.41, 5.74) is 0. The van der Waals surface area contributed by atoms with Gasteiger partial charge < -0.3 is 10.4 Å². The van der Waals surface area contributed by atoms with Gasteiger partial charge in [-0.3, -0.25) is 9.89 Å². The third-order valence-electron chi connectivity index (χ3n) is 2.92. The minimum Gasteiger partial charge on any atom is -0.480 e. The van der Waals surface area contributed by atoms with Gasteiger partial charge in [0.25, 0.3) is 11.9 Å². The second-order valence-electron chi connectivity index (χ2n) is 4.65. The van der Waals surface area contributed by atoms with Crippen LogP contribution in [0.5, 0.6) is 0 Å². The lowest BCUT2D eigenvalue weighted by Crippen LogP contribution is -2.40. The van der Waals surface area contributed by atoms with Crippen LogP contribution < -0.4 is 5.32 Å². The zero-order valence-corrected chi connectivity index (χ0v) is 12.4. The van der Waals surface area contributed by atoms with Gasteiger partial charge in [0.1, 0.15) is 11.9 Å². The Labute approximate surface area is 132 Å². The fourth-order valence-electron chi connectivity index (χ4n) is 1.71. The number of nitrogens with zero attached hydrogens (tertiary/aromatic N) is 5. The number of carbonyl (C=O) groups is 2. The first-order chi connectivity index (χ1) is 11.1. The average molecular weight is 347 g/mol. The van der Waals surface area contributed by atoms with Gasteiger partial charge in [-0.25, -0.2) is 9.78 Å². The van der Waals surface area contributed by atoms with Crippen LogP contribution in [0.1, 0.15) is 35.6 Å². The van der Waals surface area contributed by atoms with Crippen molar-refractivity contribution in [1.82, 2.24) is 35.3 Å². The van der Waals surface area contributed by atoms with Crippen LogP contribution in [0, 0.1) is 6.92 Å². The zero-order valence-electron chi connectivity index (χ0n) is 12.4. The molecule has 0 fully saturated rings. The van der Waals surface area contributed by atoms with Crippen molar-refractivity contribution < 1.29 is 27.9 Å². The van der Waals surface area contributed by atoms with Crippen molar-refractivity contribution in [2.45, 2.75) is 32.5 Å². The summed E-state index contributed by atoms with van der Waals surface area (Å²) >= 11 is 0. The highest BCUT2D eigenvalue weighted by molar-refractivity contribution is 5.93. The van der Waals surface area contributed by atoms with Gasteiger partial charge in [-0.2, -0.15) is 22.8 Å². The van der Waals surface area contributed by atoms with E-state index in [4.69, 9.17) is 5.11 Å². The SMILES string of the molecule is CCC(NC(=O)c1nc(C)n(-c2n[nH]c(C(F)(F)F)n2)n1)C(=O)O. The van der Waals surface area contributed by atoms with E-state index in [2.05, 4.69) is 25.5 Å². The largest absolute Gasteiger partial charge is 0.480 e. The fourth-order valence-corrected chi connectivity index (χ4v) is 1.71. The molecule has 24 heavy (non-hydrogen) atoms. The molecule has 0 aliphatic carbocycles. The number of carboxylic acids is 1. The second kappa shape index (κ2) is 6.25. The molecule has 2 aromatic heterocycles. The summed E-state index contributed by atoms with van der Waals surface area (Å²) in [6.45, 7) is 2.94. The number of rotatable bonds is 5. The average Bonchev–Trinajstić information content (AvgIpc) is 3.09. The quantitative estimate of drug-likeness (QED) is 0.707. The number of aromatic nitrogens is 6. The number of carbonyl (C=O) groups excluding carboxylic acids is 1. The second-order valence-corrected chi connectivity index (χ2v) is 4.65. The van der Waals surface area contributed by atoms with Crippen molar-refractivity contribution in [3.8, 4) is 5.95 Å². The van der Waals surface area contributed by atoms with Crippen molar-refractivity contribution in [2.24, 2.45) is 0 Å². The molecule has 0 aliphatic rings. The summed E-state index contributed by atoms with van der Waals surface area (Å²) < 4.78 is 38.4. The number of hydrogen-bond donors (Lipinski definition) is 3. The lowest BCUT2D eigenvalue weighted by molar-refractivity contribution is -0.144. The molecule has 1 atom stereocenters. The van der Waals surface area contributed by atoms with Crippen LogP contribution in [-0.2, 0) is 11.0 Å². The molecule has 0 aromatic carbocycles. The number of hydrogen-bond acceptors (Lipinski definition) is 6. The highest BCUT2D eigenvalue weighted by Crippen LogP contribution is 2.26. The summed E-state index contributed by atoms with van der Waals surface area (Å²) in [5, 5.41) is 19.9. The third kappa shape index (κ3) is 3.49. The molecule has 0 aliphatic heterocycles. The molecular weight excluding hydrogens is 335 g/mol. The Kier molecular flexibility index (Phi) is 4.52. The van der Waals surface area contributed by atoms with Crippen LogP contribution in [0.15, 0.2) is 0 Å². The number of carboxylic acid groups (broad SMARTS) is 1. The predicted octanol–water partition coefficient (Wildman–Crippen LogP) is 0.306. The Hall–Kier alpha value is -2.99. The number of aryl methyl sites for hydroxylation is 1. The van der Waals surface area contributed by atoms with Crippen LogP contribution in [-0.4, -0.2) is 53.0 Å². The number of nitrogens with one attached hydrogen (secondary N) is 2. The van der Waals surface area contributed by atoms with Crippen molar-refractivity contribution >= 4 is 11.9 Å². The van der Waals surface area contributed by atoms with E-state index in [1.165, 1.54) is 6.92 Å².